The summed E-state index contributed by atoms with van der Waals surface area (Å²) >= 11 is 0. The monoisotopic (exact) mass is 424 g/mol. The molecule has 0 aromatic heterocycles. The van der Waals surface area contributed by atoms with Crippen LogP contribution < -0.4 is 0 Å². The molecule has 6 nitrogen and oxygen atoms in total. The van der Waals surface area contributed by atoms with Crippen LogP contribution in [0, 0.1) is 29.1 Å². The fourth-order valence-electron chi connectivity index (χ4n) is 5.56. The van der Waals surface area contributed by atoms with Gasteiger partial charge in [-0.2, -0.15) is 0 Å². The molecule has 1 heterocycles. The van der Waals surface area contributed by atoms with Crippen molar-refractivity contribution >= 4 is 26.0 Å². The summed E-state index contributed by atoms with van der Waals surface area (Å²) in [6, 6.07) is 0. The van der Waals surface area contributed by atoms with Crippen molar-refractivity contribution in [3.8, 4) is 0 Å². The zero-order valence-corrected chi connectivity index (χ0v) is 20.1. The number of rotatable bonds is 5. The molecule has 2 aliphatic carbocycles. The minimum atomic E-state index is -2.06. The third-order valence-corrected chi connectivity index (χ3v) is 12.6. The van der Waals surface area contributed by atoms with Crippen LogP contribution >= 0.6 is 0 Å². The van der Waals surface area contributed by atoms with E-state index in [9.17, 15) is 14.4 Å². The van der Waals surface area contributed by atoms with E-state index >= 15 is 0 Å². The van der Waals surface area contributed by atoms with Gasteiger partial charge in [-0.25, -0.2) is 0 Å². The van der Waals surface area contributed by atoms with Crippen LogP contribution in [-0.4, -0.2) is 44.9 Å². The first-order chi connectivity index (χ1) is 13.2. The SMILES string of the molecule is CCOC(=O)[C@H]1C(=O)[C@@H]2CC[C@]3(CO[Si](C)(C)C(C)(C)C)OC(=O)[C@H]1[C@@H]3C2(C)C. The van der Waals surface area contributed by atoms with E-state index in [0.29, 0.717) is 19.4 Å². The number of ether oxygens (including phenoxy) is 2. The maximum absolute atomic E-state index is 13.2. The lowest BCUT2D eigenvalue weighted by molar-refractivity contribution is -0.176. The molecule has 3 aliphatic rings. The fraction of sp³-hybridized carbons (Fsp3) is 0.864. The molecule has 2 saturated carbocycles. The highest BCUT2D eigenvalue weighted by Crippen LogP contribution is 2.63. The van der Waals surface area contributed by atoms with Gasteiger partial charge >= 0.3 is 11.9 Å². The maximum atomic E-state index is 13.2. The van der Waals surface area contributed by atoms with E-state index in [1.54, 1.807) is 6.92 Å². The smallest absolute Gasteiger partial charge is 0.317 e. The second kappa shape index (κ2) is 6.91. The maximum Gasteiger partial charge on any atom is 0.317 e. The normalized spacial score (nSPS) is 36.0. The van der Waals surface area contributed by atoms with Crippen molar-refractivity contribution in [2.75, 3.05) is 13.2 Å². The molecule has 164 valence electrons. The van der Waals surface area contributed by atoms with Crippen LogP contribution in [0.1, 0.15) is 54.4 Å². The Kier molecular flexibility index (Phi) is 5.35. The number of carbonyl (C=O) groups is 3. The third-order valence-electron chi connectivity index (χ3n) is 8.09. The molecule has 0 unspecified atom stereocenters. The first-order valence-corrected chi connectivity index (χ1v) is 13.7. The standard InChI is InChI=1S/C22H36O6Si/c1-9-26-18(24)14-15-17-21(5,6)13(16(14)23)10-11-22(17,28-19(15)25)12-27-29(7,8)20(2,3)4/h13-15,17H,9-12H2,1-8H3/t13-,14+,15+,17+,22+/m0/s1. The molecule has 0 aromatic rings. The predicted octanol–water partition coefficient (Wildman–Crippen LogP) is 3.73. The Balaban J connectivity index is 1.99. The summed E-state index contributed by atoms with van der Waals surface area (Å²) in [7, 11) is -2.06. The molecule has 0 amide bonds. The van der Waals surface area contributed by atoms with Gasteiger partial charge in [0.05, 0.1) is 19.1 Å². The van der Waals surface area contributed by atoms with Crippen LogP contribution in [-0.2, 0) is 28.3 Å². The van der Waals surface area contributed by atoms with Gasteiger partial charge in [0.15, 0.2) is 14.1 Å². The van der Waals surface area contributed by atoms with Crippen molar-refractivity contribution in [2.45, 2.75) is 78.1 Å². The van der Waals surface area contributed by atoms with Crippen molar-refractivity contribution in [2.24, 2.45) is 29.1 Å². The lowest BCUT2D eigenvalue weighted by atomic mass is 9.46. The van der Waals surface area contributed by atoms with Gasteiger partial charge < -0.3 is 13.9 Å². The summed E-state index contributed by atoms with van der Waals surface area (Å²) in [5.41, 5.74) is -1.21. The van der Waals surface area contributed by atoms with E-state index in [2.05, 4.69) is 33.9 Å². The molecule has 0 radical (unpaired) electrons. The van der Waals surface area contributed by atoms with Crippen LogP contribution in [0.4, 0.5) is 0 Å². The summed E-state index contributed by atoms with van der Waals surface area (Å²) in [4.78, 5) is 38.9. The summed E-state index contributed by atoms with van der Waals surface area (Å²) in [5.74, 6) is -3.54. The van der Waals surface area contributed by atoms with Gasteiger partial charge in [-0.15, -0.1) is 0 Å². The number of carbonyl (C=O) groups excluding carboxylic acids is 3. The Morgan fingerprint density at radius 2 is 1.86 bits per heavy atom. The van der Waals surface area contributed by atoms with E-state index in [-0.39, 0.29) is 29.3 Å². The highest BCUT2D eigenvalue weighted by Gasteiger charge is 2.73. The lowest BCUT2D eigenvalue weighted by Crippen LogP contribution is -2.63. The zero-order valence-electron chi connectivity index (χ0n) is 19.1. The Morgan fingerprint density at radius 1 is 1.24 bits per heavy atom. The molecule has 7 heteroatoms. The molecular formula is C22H36O6Si. The third kappa shape index (κ3) is 3.28. The molecule has 2 bridgehead atoms. The van der Waals surface area contributed by atoms with Crippen LogP contribution in [0.3, 0.4) is 0 Å². The number of Topliss-reactive ketones (excluding diaryl/α,β-unsaturated/α-hetero) is 1. The number of hydrogen-bond acceptors (Lipinski definition) is 6. The number of ketones is 1. The summed E-state index contributed by atoms with van der Waals surface area (Å²) in [6.07, 6.45) is 1.20. The van der Waals surface area contributed by atoms with E-state index in [1.165, 1.54) is 0 Å². The molecule has 0 aromatic carbocycles. The quantitative estimate of drug-likeness (QED) is 0.380. The molecule has 3 fully saturated rings. The largest absolute Gasteiger partial charge is 0.465 e. The average Bonchev–Trinajstić information content (AvgIpc) is 2.87. The lowest BCUT2D eigenvalue weighted by Gasteiger charge is -2.56. The first-order valence-electron chi connectivity index (χ1n) is 10.8. The average molecular weight is 425 g/mol. The molecule has 1 saturated heterocycles. The summed E-state index contributed by atoms with van der Waals surface area (Å²) in [6.45, 7) is 17.2. The van der Waals surface area contributed by atoms with Crippen LogP contribution in [0.5, 0.6) is 0 Å². The van der Waals surface area contributed by atoms with E-state index in [0.717, 1.165) is 0 Å². The zero-order chi connectivity index (χ0) is 22.0. The predicted molar refractivity (Wildman–Crippen MR) is 111 cm³/mol. The molecular weight excluding hydrogens is 388 g/mol. The fourth-order valence-corrected chi connectivity index (χ4v) is 6.59. The van der Waals surface area contributed by atoms with Crippen molar-refractivity contribution in [3.63, 3.8) is 0 Å². The van der Waals surface area contributed by atoms with Crippen molar-refractivity contribution in [3.05, 3.63) is 0 Å². The molecule has 3 rings (SSSR count). The van der Waals surface area contributed by atoms with Gasteiger partial charge in [-0.1, -0.05) is 34.6 Å². The Hall–Kier alpha value is -1.21. The van der Waals surface area contributed by atoms with Gasteiger partial charge in [-0.05, 0) is 43.3 Å². The molecule has 5 atom stereocenters. The number of fused-ring (bicyclic) bond motifs is 1. The van der Waals surface area contributed by atoms with Crippen molar-refractivity contribution < 1.29 is 28.3 Å². The number of esters is 2. The van der Waals surface area contributed by atoms with Crippen molar-refractivity contribution in [1.82, 2.24) is 0 Å². The summed E-state index contributed by atoms with van der Waals surface area (Å²) < 4.78 is 17.7. The second-order valence-electron chi connectivity index (χ2n) is 11.1. The Morgan fingerprint density at radius 3 is 2.41 bits per heavy atom. The minimum Gasteiger partial charge on any atom is -0.465 e. The van der Waals surface area contributed by atoms with Crippen LogP contribution in [0.2, 0.25) is 18.1 Å². The van der Waals surface area contributed by atoms with Gasteiger partial charge in [0, 0.05) is 11.8 Å². The van der Waals surface area contributed by atoms with E-state index in [4.69, 9.17) is 13.9 Å². The molecule has 1 aliphatic heterocycles. The first kappa shape index (κ1) is 22.5. The van der Waals surface area contributed by atoms with Gasteiger partial charge in [0.2, 0.25) is 0 Å². The van der Waals surface area contributed by atoms with Crippen LogP contribution in [0.15, 0.2) is 0 Å². The Labute approximate surface area is 175 Å². The highest BCUT2D eigenvalue weighted by molar-refractivity contribution is 6.74. The van der Waals surface area contributed by atoms with Gasteiger partial charge in [0.25, 0.3) is 0 Å². The molecule has 29 heavy (non-hydrogen) atoms. The van der Waals surface area contributed by atoms with E-state index < -0.39 is 43.1 Å². The molecule has 0 N–H and O–H groups in total. The Bertz CT molecular complexity index is 721. The topological polar surface area (TPSA) is 78.9 Å². The number of hydrogen-bond donors (Lipinski definition) is 0. The summed E-state index contributed by atoms with van der Waals surface area (Å²) in [5, 5.41) is 0.0361. The van der Waals surface area contributed by atoms with Gasteiger partial charge in [-0.3, -0.25) is 14.4 Å². The minimum absolute atomic E-state index is 0.0361. The second-order valence-corrected chi connectivity index (χ2v) is 15.9. The van der Waals surface area contributed by atoms with Crippen LogP contribution in [0.25, 0.3) is 0 Å². The van der Waals surface area contributed by atoms with Crippen molar-refractivity contribution in [1.29, 1.82) is 0 Å². The van der Waals surface area contributed by atoms with E-state index in [1.807, 2.05) is 13.8 Å². The molecule has 0 spiro atoms. The van der Waals surface area contributed by atoms with Gasteiger partial charge in [0.1, 0.15) is 11.5 Å². The highest BCUT2D eigenvalue weighted by atomic mass is 28.4.